The second kappa shape index (κ2) is 3.92. The molecule has 0 aliphatic carbocycles. The van der Waals surface area contributed by atoms with Crippen LogP contribution in [-0.4, -0.2) is 6.47 Å². The molecular formula is C12H9O2. The van der Waals surface area contributed by atoms with Gasteiger partial charge < -0.3 is 4.74 Å². The van der Waals surface area contributed by atoms with Crippen LogP contribution in [0.4, 0.5) is 0 Å². The summed E-state index contributed by atoms with van der Waals surface area (Å²) in [6.45, 7) is 1.70. The molecule has 14 heavy (non-hydrogen) atoms. The molecule has 0 saturated heterocycles. The normalized spacial score (nSPS) is 10.0. The van der Waals surface area contributed by atoms with Crippen molar-refractivity contribution in [3.8, 4) is 0 Å². The third kappa shape index (κ3) is 1.74. The van der Waals surface area contributed by atoms with Gasteiger partial charge in [-0.2, -0.15) is 0 Å². The smallest absolute Gasteiger partial charge is 0.417 e. The van der Waals surface area contributed by atoms with Crippen molar-refractivity contribution in [1.29, 1.82) is 0 Å². The summed E-state index contributed by atoms with van der Waals surface area (Å²) in [5.41, 5.74) is 0.979. The first-order valence-corrected chi connectivity index (χ1v) is 4.37. The van der Waals surface area contributed by atoms with E-state index in [9.17, 15) is 4.79 Å². The van der Waals surface area contributed by atoms with Gasteiger partial charge in [0.2, 0.25) is 0 Å². The van der Waals surface area contributed by atoms with Gasteiger partial charge in [-0.1, -0.05) is 36.4 Å². The van der Waals surface area contributed by atoms with E-state index in [4.69, 9.17) is 0 Å². The molecule has 0 spiro atoms. The van der Waals surface area contributed by atoms with Gasteiger partial charge in [-0.3, -0.25) is 0 Å². The molecule has 0 heterocycles. The van der Waals surface area contributed by atoms with Gasteiger partial charge in [0.25, 0.3) is 0 Å². The van der Waals surface area contributed by atoms with Crippen LogP contribution in [0.1, 0.15) is 5.56 Å². The zero-order chi connectivity index (χ0) is 9.80. The lowest BCUT2D eigenvalue weighted by molar-refractivity contribution is 0.267. The lowest BCUT2D eigenvalue weighted by atomic mass is 10.1. The molecule has 0 saturated carbocycles. The second-order valence-electron chi connectivity index (χ2n) is 3.05. The molecular weight excluding hydrogens is 176 g/mol. The van der Waals surface area contributed by atoms with E-state index in [2.05, 4.69) is 4.74 Å². The highest BCUT2D eigenvalue weighted by atomic mass is 16.5. The van der Waals surface area contributed by atoms with Crippen molar-refractivity contribution < 1.29 is 9.53 Å². The fourth-order valence-corrected chi connectivity index (χ4v) is 1.44. The van der Waals surface area contributed by atoms with Gasteiger partial charge in [0.05, 0.1) is 0 Å². The second-order valence-corrected chi connectivity index (χ2v) is 3.05. The van der Waals surface area contributed by atoms with Crippen LogP contribution in [0.15, 0.2) is 42.5 Å². The van der Waals surface area contributed by atoms with Crippen LogP contribution in [0.2, 0.25) is 0 Å². The molecule has 2 nitrogen and oxygen atoms in total. The largest absolute Gasteiger partial charge is 0.452 e. The van der Waals surface area contributed by atoms with Crippen LogP contribution in [0.5, 0.6) is 0 Å². The van der Waals surface area contributed by atoms with E-state index in [0.717, 1.165) is 10.9 Å². The molecule has 2 aromatic carbocycles. The molecule has 0 aliphatic heterocycles. The molecule has 0 N–H and O–H groups in total. The minimum Gasteiger partial charge on any atom is -0.452 e. The van der Waals surface area contributed by atoms with E-state index < -0.39 is 0 Å². The molecule has 0 aliphatic rings. The zero-order valence-electron chi connectivity index (χ0n) is 7.57. The van der Waals surface area contributed by atoms with E-state index >= 15 is 0 Å². The van der Waals surface area contributed by atoms with Gasteiger partial charge >= 0.3 is 6.47 Å². The SMILES string of the molecule is O=[C]OCc1ccc2ccccc2c1. The van der Waals surface area contributed by atoms with E-state index in [-0.39, 0.29) is 6.61 Å². The lowest BCUT2D eigenvalue weighted by Gasteiger charge is -2.01. The average Bonchev–Trinajstić information content (AvgIpc) is 2.26. The molecule has 2 heteroatoms. The maximum absolute atomic E-state index is 9.89. The molecule has 2 rings (SSSR count). The Labute approximate surface area is 82.1 Å². The van der Waals surface area contributed by atoms with Crippen molar-refractivity contribution in [1.82, 2.24) is 0 Å². The van der Waals surface area contributed by atoms with E-state index in [1.807, 2.05) is 42.5 Å². The molecule has 0 atom stereocenters. The van der Waals surface area contributed by atoms with Crippen LogP contribution in [0, 0.1) is 0 Å². The van der Waals surface area contributed by atoms with Crippen LogP contribution in [-0.2, 0) is 16.1 Å². The fraction of sp³-hybridized carbons (Fsp3) is 0.0833. The summed E-state index contributed by atoms with van der Waals surface area (Å²) in [5.74, 6) is 0. The van der Waals surface area contributed by atoms with Crippen molar-refractivity contribution in [2.45, 2.75) is 6.61 Å². The third-order valence-electron chi connectivity index (χ3n) is 2.11. The van der Waals surface area contributed by atoms with E-state index in [0.29, 0.717) is 0 Å². The van der Waals surface area contributed by atoms with Gasteiger partial charge in [-0.25, -0.2) is 4.79 Å². The molecule has 0 unspecified atom stereocenters. The Kier molecular flexibility index (Phi) is 2.45. The summed E-state index contributed by atoms with van der Waals surface area (Å²) in [6, 6.07) is 14.0. The number of benzene rings is 2. The maximum Gasteiger partial charge on any atom is 0.417 e. The molecule has 2 aromatic rings. The highest BCUT2D eigenvalue weighted by Gasteiger charge is 1.95. The molecule has 0 amide bonds. The first-order chi connectivity index (χ1) is 6.90. The average molecular weight is 185 g/mol. The summed E-state index contributed by atoms with van der Waals surface area (Å²) in [7, 11) is 0. The minimum absolute atomic E-state index is 0.286. The number of ether oxygens (including phenoxy) is 1. The summed E-state index contributed by atoms with van der Waals surface area (Å²) in [6.07, 6.45) is 0. The Hall–Kier alpha value is -1.83. The fourth-order valence-electron chi connectivity index (χ4n) is 1.44. The van der Waals surface area contributed by atoms with Crippen LogP contribution in [0.25, 0.3) is 10.8 Å². The lowest BCUT2D eigenvalue weighted by Crippen LogP contribution is -1.89. The Morgan fingerprint density at radius 2 is 1.86 bits per heavy atom. The third-order valence-corrected chi connectivity index (χ3v) is 2.11. The first kappa shape index (κ1) is 8.75. The Balaban J connectivity index is 2.36. The molecule has 1 radical (unpaired) electrons. The molecule has 0 fully saturated rings. The Bertz CT molecular complexity index is 449. The van der Waals surface area contributed by atoms with Gasteiger partial charge in [0, 0.05) is 0 Å². The van der Waals surface area contributed by atoms with Gasteiger partial charge in [-0.15, -0.1) is 0 Å². The minimum atomic E-state index is 0.286. The number of fused-ring (bicyclic) bond motifs is 1. The summed E-state index contributed by atoms with van der Waals surface area (Å²) in [4.78, 5) is 9.89. The number of carbonyl (C=O) groups excluding carboxylic acids is 1. The quantitative estimate of drug-likeness (QED) is 0.734. The molecule has 0 aromatic heterocycles. The highest BCUT2D eigenvalue weighted by Crippen LogP contribution is 2.15. The number of hydrogen-bond donors (Lipinski definition) is 0. The van der Waals surface area contributed by atoms with Crippen LogP contribution in [0.3, 0.4) is 0 Å². The predicted octanol–water partition coefficient (Wildman–Crippen LogP) is 2.42. The van der Waals surface area contributed by atoms with Crippen molar-refractivity contribution in [3.63, 3.8) is 0 Å². The maximum atomic E-state index is 9.89. The predicted molar refractivity (Wildman–Crippen MR) is 54.4 cm³/mol. The van der Waals surface area contributed by atoms with E-state index in [1.54, 1.807) is 0 Å². The summed E-state index contributed by atoms with van der Waals surface area (Å²) < 4.78 is 4.56. The molecule has 69 valence electrons. The van der Waals surface area contributed by atoms with E-state index in [1.165, 1.54) is 11.9 Å². The number of rotatable bonds is 3. The summed E-state index contributed by atoms with van der Waals surface area (Å²) in [5, 5.41) is 2.34. The topological polar surface area (TPSA) is 26.3 Å². The van der Waals surface area contributed by atoms with Gasteiger partial charge in [0.1, 0.15) is 6.61 Å². The molecule has 0 bridgehead atoms. The monoisotopic (exact) mass is 185 g/mol. The standard InChI is InChI=1S/C12H9O2/c13-9-14-8-10-5-6-11-3-1-2-4-12(11)7-10/h1-7H,8H2. The zero-order valence-corrected chi connectivity index (χ0v) is 7.57. The highest BCUT2D eigenvalue weighted by molar-refractivity contribution is 5.82. The van der Waals surface area contributed by atoms with Crippen LogP contribution < -0.4 is 0 Å². The first-order valence-electron chi connectivity index (χ1n) is 4.37. The van der Waals surface area contributed by atoms with Crippen molar-refractivity contribution in [3.05, 3.63) is 48.0 Å². The van der Waals surface area contributed by atoms with Crippen molar-refractivity contribution in [2.24, 2.45) is 0 Å². The Morgan fingerprint density at radius 3 is 2.64 bits per heavy atom. The van der Waals surface area contributed by atoms with Gasteiger partial charge in [0.15, 0.2) is 0 Å². The van der Waals surface area contributed by atoms with Crippen LogP contribution >= 0.6 is 0 Å². The number of hydrogen-bond acceptors (Lipinski definition) is 2. The van der Waals surface area contributed by atoms with Gasteiger partial charge in [-0.05, 0) is 22.4 Å². The Morgan fingerprint density at radius 1 is 1.07 bits per heavy atom. The summed E-state index contributed by atoms with van der Waals surface area (Å²) >= 11 is 0. The van der Waals surface area contributed by atoms with Crippen molar-refractivity contribution >= 4 is 17.2 Å². The van der Waals surface area contributed by atoms with Crippen molar-refractivity contribution in [2.75, 3.05) is 0 Å².